The molecule has 3 aliphatic heterocycles. The summed E-state index contributed by atoms with van der Waals surface area (Å²) in [5, 5.41) is 10.2. The minimum absolute atomic E-state index is 0.00544. The van der Waals surface area contributed by atoms with Gasteiger partial charge in [0, 0.05) is 24.5 Å². The summed E-state index contributed by atoms with van der Waals surface area (Å²) in [7, 11) is -3.72. The van der Waals surface area contributed by atoms with E-state index in [0.29, 0.717) is 24.5 Å². The van der Waals surface area contributed by atoms with E-state index >= 15 is 0 Å². The Morgan fingerprint density at radius 2 is 1.70 bits per heavy atom. The Labute approximate surface area is 192 Å². The van der Waals surface area contributed by atoms with Gasteiger partial charge in [-0.05, 0) is 41.5 Å². The summed E-state index contributed by atoms with van der Waals surface area (Å²) < 4.78 is 39.6. The zero-order valence-electron chi connectivity index (χ0n) is 17.9. The second-order valence-corrected chi connectivity index (χ2v) is 10.5. The molecule has 3 atom stereocenters. The number of aliphatic hydroxyl groups is 1. The highest BCUT2D eigenvalue weighted by molar-refractivity contribution is 7.92. The van der Waals surface area contributed by atoms with Crippen LogP contribution in [0.2, 0.25) is 0 Å². The third-order valence-corrected chi connectivity index (χ3v) is 8.71. The summed E-state index contributed by atoms with van der Waals surface area (Å²) in [6.45, 7) is 1.14. The highest BCUT2D eigenvalue weighted by atomic mass is 32.2. The minimum Gasteiger partial charge on any atom is -0.454 e. The van der Waals surface area contributed by atoms with Gasteiger partial charge in [-0.15, -0.1) is 0 Å². The smallest absolute Gasteiger partial charge is 0.264 e. The molecule has 1 saturated heterocycles. The Morgan fingerprint density at radius 1 is 0.939 bits per heavy atom. The normalized spacial score (nSPS) is 23.5. The quantitative estimate of drug-likeness (QED) is 0.626. The molecule has 0 bridgehead atoms. The van der Waals surface area contributed by atoms with E-state index in [4.69, 9.17) is 9.47 Å². The summed E-state index contributed by atoms with van der Waals surface area (Å²) in [6, 6.07) is 21.9. The van der Waals surface area contributed by atoms with E-state index in [0.717, 1.165) is 16.9 Å². The summed E-state index contributed by atoms with van der Waals surface area (Å²) >= 11 is 0. The lowest BCUT2D eigenvalue weighted by Crippen LogP contribution is -2.68. The average Bonchev–Trinajstić information content (AvgIpc) is 3.31. The predicted molar refractivity (Wildman–Crippen MR) is 123 cm³/mol. The number of likely N-dealkylation sites (tertiary alicyclic amines) is 1. The second-order valence-electron chi connectivity index (χ2n) is 8.61. The maximum Gasteiger partial charge on any atom is 0.264 e. The fraction of sp³-hybridized carbons (Fsp3) is 0.280. The van der Waals surface area contributed by atoms with Crippen LogP contribution in [0, 0.1) is 0 Å². The minimum atomic E-state index is -3.72. The number of aliphatic hydroxyl groups excluding tert-OH is 1. The van der Waals surface area contributed by atoms with Gasteiger partial charge in [0.15, 0.2) is 11.5 Å². The lowest BCUT2D eigenvalue weighted by atomic mass is 9.72. The predicted octanol–water partition coefficient (Wildman–Crippen LogP) is 2.95. The molecule has 7 nitrogen and oxygen atoms in total. The molecule has 3 heterocycles. The third-order valence-electron chi connectivity index (χ3n) is 6.92. The molecule has 33 heavy (non-hydrogen) atoms. The van der Waals surface area contributed by atoms with E-state index in [1.807, 2.05) is 48.5 Å². The maximum atomic E-state index is 13.6. The molecule has 0 aromatic heterocycles. The first kappa shape index (κ1) is 20.5. The van der Waals surface area contributed by atoms with Crippen molar-refractivity contribution in [3.8, 4) is 11.5 Å². The largest absolute Gasteiger partial charge is 0.454 e. The number of nitrogens with zero attached hydrogens (tertiary/aromatic N) is 2. The van der Waals surface area contributed by atoms with Gasteiger partial charge in [-0.3, -0.25) is 9.21 Å². The molecule has 0 amide bonds. The topological polar surface area (TPSA) is 79.3 Å². The lowest BCUT2D eigenvalue weighted by Gasteiger charge is -2.59. The van der Waals surface area contributed by atoms with Crippen molar-refractivity contribution in [2.75, 3.05) is 24.2 Å². The summed E-state index contributed by atoms with van der Waals surface area (Å²) in [4.78, 5) is 2.48. The maximum absolute atomic E-state index is 13.6. The Morgan fingerprint density at radius 3 is 2.52 bits per heavy atom. The van der Waals surface area contributed by atoms with Crippen LogP contribution in [-0.2, 0) is 16.6 Å². The summed E-state index contributed by atoms with van der Waals surface area (Å²) in [5.41, 5.74) is 2.70. The van der Waals surface area contributed by atoms with Gasteiger partial charge >= 0.3 is 0 Å². The number of fused-ring (bicyclic) bond motifs is 4. The molecule has 0 spiro atoms. The van der Waals surface area contributed by atoms with E-state index in [2.05, 4.69) is 4.90 Å². The molecule has 6 rings (SSSR count). The van der Waals surface area contributed by atoms with Crippen molar-refractivity contribution in [2.24, 2.45) is 0 Å². The second kappa shape index (κ2) is 7.76. The van der Waals surface area contributed by atoms with Gasteiger partial charge in [-0.25, -0.2) is 8.42 Å². The fourth-order valence-electron chi connectivity index (χ4n) is 5.36. The first-order valence-electron chi connectivity index (χ1n) is 11.0. The van der Waals surface area contributed by atoms with Crippen LogP contribution in [0.25, 0.3) is 0 Å². The molecule has 8 heteroatoms. The van der Waals surface area contributed by atoms with Crippen LogP contribution in [0.15, 0.2) is 77.7 Å². The SMILES string of the molecule is O=S(=O)(c1ccccc1)N1C[C@@H]2[C@H](c3ccccc31)[C@@H](CO)N2Cc1ccc2c(c1)OCO2. The van der Waals surface area contributed by atoms with Gasteiger partial charge in [-0.2, -0.15) is 0 Å². The molecule has 3 aliphatic rings. The Bertz CT molecular complexity index is 1300. The monoisotopic (exact) mass is 464 g/mol. The number of para-hydroxylation sites is 1. The standard InChI is InChI=1S/C25H24N2O5S/c28-15-22-25-19-8-4-5-9-20(19)27(33(29,30)18-6-2-1-3-7-18)14-21(25)26(22)13-17-10-11-23-24(12-17)32-16-31-23/h1-12,21-22,25,28H,13-16H2/t21-,22-,25+/m1/s1. The summed E-state index contributed by atoms with van der Waals surface area (Å²) in [5.74, 6) is 1.51. The van der Waals surface area contributed by atoms with Crippen molar-refractivity contribution in [1.82, 2.24) is 4.90 Å². The van der Waals surface area contributed by atoms with E-state index in [1.165, 1.54) is 4.31 Å². The summed E-state index contributed by atoms with van der Waals surface area (Å²) in [6.07, 6.45) is 0. The Hall–Kier alpha value is -3.07. The van der Waals surface area contributed by atoms with Crippen molar-refractivity contribution < 1.29 is 23.0 Å². The molecule has 1 fully saturated rings. The van der Waals surface area contributed by atoms with Gasteiger partial charge in [0.2, 0.25) is 6.79 Å². The van der Waals surface area contributed by atoms with Gasteiger partial charge in [0.05, 0.1) is 23.7 Å². The average molecular weight is 465 g/mol. The van der Waals surface area contributed by atoms with Crippen LogP contribution in [-0.4, -0.2) is 50.5 Å². The number of sulfonamides is 1. The number of anilines is 1. The van der Waals surface area contributed by atoms with Crippen LogP contribution < -0.4 is 13.8 Å². The van der Waals surface area contributed by atoms with E-state index in [9.17, 15) is 13.5 Å². The molecular formula is C25H24N2O5S. The van der Waals surface area contributed by atoms with E-state index in [-0.39, 0.29) is 36.3 Å². The van der Waals surface area contributed by atoms with Crippen LogP contribution in [0.3, 0.4) is 0 Å². The molecule has 0 saturated carbocycles. The molecule has 170 valence electrons. The van der Waals surface area contributed by atoms with Crippen molar-refractivity contribution in [1.29, 1.82) is 0 Å². The zero-order chi connectivity index (χ0) is 22.6. The van der Waals surface area contributed by atoms with Crippen molar-refractivity contribution in [3.63, 3.8) is 0 Å². The molecule has 0 unspecified atom stereocenters. The number of hydrogen-bond donors (Lipinski definition) is 1. The lowest BCUT2D eigenvalue weighted by molar-refractivity contribution is -0.0477. The van der Waals surface area contributed by atoms with Gasteiger partial charge in [0.25, 0.3) is 10.0 Å². The van der Waals surface area contributed by atoms with E-state index < -0.39 is 10.0 Å². The third kappa shape index (κ3) is 3.20. The Balaban J connectivity index is 1.36. The molecule has 1 N–H and O–H groups in total. The van der Waals surface area contributed by atoms with Crippen LogP contribution in [0.1, 0.15) is 17.0 Å². The fourth-order valence-corrected chi connectivity index (χ4v) is 6.89. The van der Waals surface area contributed by atoms with Crippen LogP contribution >= 0.6 is 0 Å². The highest BCUT2D eigenvalue weighted by Gasteiger charge is 2.54. The van der Waals surface area contributed by atoms with Crippen LogP contribution in [0.5, 0.6) is 11.5 Å². The number of benzene rings is 3. The molecule has 0 radical (unpaired) electrons. The van der Waals surface area contributed by atoms with Gasteiger partial charge in [0.1, 0.15) is 0 Å². The van der Waals surface area contributed by atoms with Gasteiger partial charge in [-0.1, -0.05) is 42.5 Å². The number of hydrogen-bond acceptors (Lipinski definition) is 6. The first-order valence-corrected chi connectivity index (χ1v) is 12.4. The molecule has 3 aromatic rings. The molecule has 3 aromatic carbocycles. The van der Waals surface area contributed by atoms with Crippen molar-refractivity contribution >= 4 is 15.7 Å². The Kier molecular flexibility index (Phi) is 4.83. The van der Waals surface area contributed by atoms with Gasteiger partial charge < -0.3 is 14.6 Å². The number of ether oxygens (including phenoxy) is 2. The number of rotatable bonds is 5. The van der Waals surface area contributed by atoms with E-state index in [1.54, 1.807) is 24.3 Å². The first-order chi connectivity index (χ1) is 16.1. The molecular weight excluding hydrogens is 440 g/mol. The van der Waals surface area contributed by atoms with Crippen molar-refractivity contribution in [2.45, 2.75) is 29.4 Å². The molecule has 0 aliphatic carbocycles. The zero-order valence-corrected chi connectivity index (χ0v) is 18.7. The highest BCUT2D eigenvalue weighted by Crippen LogP contribution is 2.50. The van der Waals surface area contributed by atoms with Crippen LogP contribution in [0.4, 0.5) is 5.69 Å². The van der Waals surface area contributed by atoms with Crippen molar-refractivity contribution in [3.05, 3.63) is 83.9 Å².